The van der Waals surface area contributed by atoms with E-state index in [0.29, 0.717) is 0 Å². The van der Waals surface area contributed by atoms with Gasteiger partial charge in [-0.05, 0) is 0 Å². The Labute approximate surface area is 96.8 Å². The van der Waals surface area contributed by atoms with Gasteiger partial charge in [-0.1, -0.05) is 0 Å². The van der Waals surface area contributed by atoms with E-state index >= 15 is 0 Å². The monoisotopic (exact) mass is 230 g/mol. The number of carbonyl (C=O) groups is 2. The summed E-state index contributed by atoms with van der Waals surface area (Å²) in [7, 11) is -4.67. The molecule has 0 saturated heterocycles. The van der Waals surface area contributed by atoms with Gasteiger partial charge in [-0.3, -0.25) is 9.11 Å². The Balaban J connectivity index is -0.000000126. The fourth-order valence-corrected chi connectivity index (χ4v) is 0. The fourth-order valence-electron chi connectivity index (χ4n) is 0. The van der Waals surface area contributed by atoms with Gasteiger partial charge in [0.25, 0.3) is 0 Å². The Morgan fingerprint density at radius 3 is 1.00 bits per heavy atom. The molecule has 0 unspecified atom stereocenters. The van der Waals surface area contributed by atoms with Gasteiger partial charge in [-0.25, -0.2) is 9.59 Å². The Bertz CT molecular complexity index is 220. The first-order valence-corrected chi connectivity index (χ1v) is 3.20. The average Bonchev–Trinajstić information content (AvgIpc) is 1.59. The van der Waals surface area contributed by atoms with Crippen LogP contribution < -0.4 is 0 Å². The predicted molar refractivity (Wildman–Crippen MR) is 38.0 cm³/mol. The predicted octanol–water partition coefficient (Wildman–Crippen LogP) is -2.41. The van der Waals surface area contributed by atoms with Crippen LogP contribution in [-0.2, 0) is 20.0 Å². The first-order chi connectivity index (χ1) is 4.64. The molecule has 0 bridgehead atoms. The molecule has 0 rings (SSSR count). The molecular formula is C2H6CaO8S. The standard InChI is InChI=1S/C2H2O4.Ca.H2O4S.2H/c3-1(4)2(5)6;;1-5(2,3)4;;/h(H,3,4)(H,5,6);;(H2,1,2,3,4);;. The Hall–Kier alpha value is 0.0697. The number of rotatable bonds is 0. The topological polar surface area (TPSA) is 149 Å². The minimum atomic E-state index is -4.67. The summed E-state index contributed by atoms with van der Waals surface area (Å²) in [5.41, 5.74) is 0. The Morgan fingerprint density at radius 1 is 0.917 bits per heavy atom. The molecular weight excluding hydrogens is 224 g/mol. The van der Waals surface area contributed by atoms with Crippen LogP contribution in [0.25, 0.3) is 0 Å². The van der Waals surface area contributed by atoms with E-state index in [4.69, 9.17) is 37.3 Å². The van der Waals surface area contributed by atoms with E-state index in [0.717, 1.165) is 0 Å². The van der Waals surface area contributed by atoms with Gasteiger partial charge in [0.2, 0.25) is 0 Å². The van der Waals surface area contributed by atoms with E-state index in [2.05, 4.69) is 0 Å². The van der Waals surface area contributed by atoms with Crippen LogP contribution in [0.4, 0.5) is 0 Å². The van der Waals surface area contributed by atoms with Crippen LogP contribution in [0.15, 0.2) is 0 Å². The SMILES string of the molecule is O=C(O)C(=O)O.O=S(=O)(O)O.[CaH2]. The summed E-state index contributed by atoms with van der Waals surface area (Å²) in [5.74, 6) is -3.65. The first kappa shape index (κ1) is 18.0. The van der Waals surface area contributed by atoms with Crippen molar-refractivity contribution >= 4 is 60.1 Å². The molecule has 0 aromatic heterocycles. The molecule has 0 saturated carbocycles. The molecule has 0 aliphatic rings. The molecule has 0 fully saturated rings. The van der Waals surface area contributed by atoms with Crippen molar-refractivity contribution in [3.05, 3.63) is 0 Å². The molecule has 0 spiro atoms. The van der Waals surface area contributed by atoms with Crippen LogP contribution in [0.1, 0.15) is 0 Å². The van der Waals surface area contributed by atoms with E-state index in [-0.39, 0.29) is 37.7 Å². The van der Waals surface area contributed by atoms with Crippen LogP contribution in [0.5, 0.6) is 0 Å². The van der Waals surface area contributed by atoms with Crippen molar-refractivity contribution in [3.8, 4) is 0 Å². The van der Waals surface area contributed by atoms with Crippen LogP contribution in [0, 0.1) is 0 Å². The second kappa shape index (κ2) is 7.71. The van der Waals surface area contributed by atoms with Gasteiger partial charge in [0, 0.05) is 0 Å². The number of hydrogen-bond acceptors (Lipinski definition) is 4. The molecule has 0 atom stereocenters. The molecule has 0 heterocycles. The molecule has 0 aromatic rings. The number of carboxylic acids is 2. The van der Waals surface area contributed by atoms with Gasteiger partial charge < -0.3 is 10.2 Å². The normalized spacial score (nSPS) is 8.50. The molecule has 70 valence electrons. The summed E-state index contributed by atoms with van der Waals surface area (Å²) >= 11 is 0. The molecule has 0 aromatic carbocycles. The third kappa shape index (κ3) is 50.0. The zero-order valence-electron chi connectivity index (χ0n) is 4.83. The average molecular weight is 230 g/mol. The van der Waals surface area contributed by atoms with Crippen LogP contribution >= 0.6 is 0 Å². The fraction of sp³-hybridized carbons (Fsp3) is 0. The minimum absolute atomic E-state index is 0. The number of hydrogen-bond donors (Lipinski definition) is 4. The number of carboxylic acid groups (broad SMARTS) is 2. The molecule has 0 aliphatic heterocycles. The summed E-state index contributed by atoms with van der Waals surface area (Å²) in [4.78, 5) is 18.2. The van der Waals surface area contributed by atoms with E-state index in [1.807, 2.05) is 0 Å². The summed E-state index contributed by atoms with van der Waals surface area (Å²) in [6.07, 6.45) is 0. The molecule has 0 amide bonds. The molecule has 0 radical (unpaired) electrons. The summed E-state index contributed by atoms with van der Waals surface area (Å²) in [5, 5.41) is 14.8. The van der Waals surface area contributed by atoms with Gasteiger partial charge in [0.05, 0.1) is 0 Å². The Morgan fingerprint density at radius 2 is 1.00 bits per heavy atom. The van der Waals surface area contributed by atoms with E-state index in [1.54, 1.807) is 0 Å². The van der Waals surface area contributed by atoms with Gasteiger partial charge in [-0.2, -0.15) is 8.42 Å². The van der Waals surface area contributed by atoms with Crippen molar-refractivity contribution in [3.63, 3.8) is 0 Å². The second-order valence-electron chi connectivity index (χ2n) is 1.06. The Kier molecular flexibility index (Phi) is 11.5. The zero-order valence-corrected chi connectivity index (χ0v) is 5.65. The van der Waals surface area contributed by atoms with Gasteiger partial charge in [0.15, 0.2) is 0 Å². The summed E-state index contributed by atoms with van der Waals surface area (Å²) in [6, 6.07) is 0. The summed E-state index contributed by atoms with van der Waals surface area (Å²) in [6.45, 7) is 0. The molecule has 0 aliphatic carbocycles. The molecule has 12 heavy (non-hydrogen) atoms. The third-order valence-electron chi connectivity index (χ3n) is 0.183. The van der Waals surface area contributed by atoms with E-state index in [1.165, 1.54) is 0 Å². The van der Waals surface area contributed by atoms with Gasteiger partial charge in [-0.15, -0.1) is 0 Å². The maximum atomic E-state index is 9.10. The quantitative estimate of drug-likeness (QED) is 0.204. The first-order valence-electron chi connectivity index (χ1n) is 1.80. The van der Waals surface area contributed by atoms with E-state index < -0.39 is 22.3 Å². The van der Waals surface area contributed by atoms with Crippen LogP contribution in [0.3, 0.4) is 0 Å². The van der Waals surface area contributed by atoms with Crippen molar-refractivity contribution in [2.24, 2.45) is 0 Å². The summed E-state index contributed by atoms with van der Waals surface area (Å²) < 4.78 is 31.6. The second-order valence-corrected chi connectivity index (χ2v) is 1.95. The molecule has 8 nitrogen and oxygen atoms in total. The van der Waals surface area contributed by atoms with Crippen molar-refractivity contribution < 1.29 is 37.3 Å². The van der Waals surface area contributed by atoms with Crippen LogP contribution in [-0.4, -0.2) is 77.4 Å². The maximum absolute atomic E-state index is 9.10. The van der Waals surface area contributed by atoms with Crippen molar-refractivity contribution in [1.29, 1.82) is 0 Å². The van der Waals surface area contributed by atoms with E-state index in [9.17, 15) is 0 Å². The van der Waals surface area contributed by atoms with Crippen molar-refractivity contribution in [1.82, 2.24) is 0 Å². The van der Waals surface area contributed by atoms with Crippen molar-refractivity contribution in [2.45, 2.75) is 0 Å². The zero-order chi connectivity index (χ0) is 9.65. The number of aliphatic carboxylic acids is 2. The van der Waals surface area contributed by atoms with Crippen molar-refractivity contribution in [2.75, 3.05) is 0 Å². The van der Waals surface area contributed by atoms with Gasteiger partial charge >= 0.3 is 60.1 Å². The molecule has 4 N–H and O–H groups in total. The van der Waals surface area contributed by atoms with Crippen LogP contribution in [0.2, 0.25) is 0 Å². The third-order valence-corrected chi connectivity index (χ3v) is 0.183. The van der Waals surface area contributed by atoms with Gasteiger partial charge in [0.1, 0.15) is 0 Å². The molecule has 10 heteroatoms.